The zero-order valence-corrected chi connectivity index (χ0v) is 9.75. The van der Waals surface area contributed by atoms with Gasteiger partial charge in [0.15, 0.2) is 0 Å². The standard InChI is InChI=1S/C11H20N2O2/c1-11(2,3)15-10(14)13-7-8-6-12-5-4-9(8)13/h8-9,12H,4-7H2,1-3H3. The first-order valence-electron chi connectivity index (χ1n) is 5.68. The third-order valence-corrected chi connectivity index (χ3v) is 3.03. The van der Waals surface area contributed by atoms with E-state index in [0.717, 1.165) is 26.1 Å². The Labute approximate surface area is 91.0 Å². The van der Waals surface area contributed by atoms with Crippen LogP contribution < -0.4 is 5.32 Å². The van der Waals surface area contributed by atoms with E-state index in [-0.39, 0.29) is 11.7 Å². The average molecular weight is 212 g/mol. The topological polar surface area (TPSA) is 41.6 Å². The Morgan fingerprint density at radius 3 is 2.80 bits per heavy atom. The van der Waals surface area contributed by atoms with E-state index in [1.807, 2.05) is 25.7 Å². The molecule has 0 radical (unpaired) electrons. The molecule has 0 bridgehead atoms. The van der Waals surface area contributed by atoms with Crippen LogP contribution in [0.5, 0.6) is 0 Å². The lowest BCUT2D eigenvalue weighted by molar-refractivity contribution is -0.0385. The number of nitrogens with one attached hydrogen (secondary N) is 1. The van der Waals surface area contributed by atoms with E-state index in [9.17, 15) is 4.79 Å². The van der Waals surface area contributed by atoms with E-state index in [1.54, 1.807) is 0 Å². The lowest BCUT2D eigenvalue weighted by Crippen LogP contribution is -2.64. The van der Waals surface area contributed by atoms with E-state index in [2.05, 4.69) is 5.32 Å². The summed E-state index contributed by atoms with van der Waals surface area (Å²) < 4.78 is 5.36. The molecule has 0 spiro atoms. The maximum Gasteiger partial charge on any atom is 0.410 e. The van der Waals surface area contributed by atoms with Crippen molar-refractivity contribution in [3.05, 3.63) is 0 Å². The fraction of sp³-hybridized carbons (Fsp3) is 0.909. The molecule has 15 heavy (non-hydrogen) atoms. The van der Waals surface area contributed by atoms with Gasteiger partial charge in [-0.15, -0.1) is 0 Å². The molecule has 4 nitrogen and oxygen atoms in total. The van der Waals surface area contributed by atoms with Crippen LogP contribution in [-0.2, 0) is 4.74 Å². The molecule has 4 heteroatoms. The summed E-state index contributed by atoms with van der Waals surface area (Å²) in [6.07, 6.45) is 0.912. The summed E-state index contributed by atoms with van der Waals surface area (Å²) in [7, 11) is 0. The number of rotatable bonds is 0. The van der Waals surface area contributed by atoms with Gasteiger partial charge in [-0.3, -0.25) is 0 Å². The zero-order valence-electron chi connectivity index (χ0n) is 9.75. The summed E-state index contributed by atoms with van der Waals surface area (Å²) in [6, 6.07) is 0.418. The van der Waals surface area contributed by atoms with Gasteiger partial charge in [-0.2, -0.15) is 0 Å². The maximum absolute atomic E-state index is 11.8. The Morgan fingerprint density at radius 2 is 2.20 bits per heavy atom. The molecular weight excluding hydrogens is 192 g/mol. The molecule has 0 aromatic rings. The first-order chi connectivity index (χ1) is 6.97. The van der Waals surface area contributed by atoms with E-state index in [1.165, 1.54) is 0 Å². The molecule has 1 amide bonds. The Bertz CT molecular complexity index is 260. The van der Waals surface area contributed by atoms with Crippen molar-refractivity contribution < 1.29 is 9.53 Å². The van der Waals surface area contributed by atoms with Crippen LogP contribution in [0.3, 0.4) is 0 Å². The summed E-state index contributed by atoms with van der Waals surface area (Å²) >= 11 is 0. The van der Waals surface area contributed by atoms with Crippen molar-refractivity contribution in [3.8, 4) is 0 Å². The average Bonchev–Trinajstić information content (AvgIpc) is 2.03. The second-order valence-electron chi connectivity index (χ2n) is 5.45. The minimum atomic E-state index is -0.380. The number of nitrogens with zero attached hydrogens (tertiary/aromatic N) is 1. The highest BCUT2D eigenvalue weighted by molar-refractivity contribution is 5.69. The summed E-state index contributed by atoms with van der Waals surface area (Å²) in [4.78, 5) is 13.7. The smallest absolute Gasteiger partial charge is 0.410 e. The molecule has 2 atom stereocenters. The third kappa shape index (κ3) is 2.25. The number of amides is 1. The third-order valence-electron chi connectivity index (χ3n) is 3.03. The molecule has 1 N–H and O–H groups in total. The van der Waals surface area contributed by atoms with E-state index >= 15 is 0 Å². The first-order valence-corrected chi connectivity index (χ1v) is 5.68. The Hall–Kier alpha value is -0.770. The number of likely N-dealkylation sites (tertiary alicyclic amines) is 1. The number of piperidine rings is 1. The Kier molecular flexibility index (Phi) is 2.63. The van der Waals surface area contributed by atoms with Crippen molar-refractivity contribution in [1.29, 1.82) is 0 Å². The molecule has 0 aromatic heterocycles. The summed E-state index contributed by atoms with van der Waals surface area (Å²) in [6.45, 7) is 8.64. The lowest BCUT2D eigenvalue weighted by Gasteiger charge is -2.50. The Balaban J connectivity index is 1.88. The van der Waals surface area contributed by atoms with Gasteiger partial charge in [0.2, 0.25) is 0 Å². The van der Waals surface area contributed by atoms with Gasteiger partial charge in [-0.05, 0) is 33.7 Å². The zero-order chi connectivity index (χ0) is 11.1. The predicted molar refractivity (Wildman–Crippen MR) is 57.7 cm³/mol. The molecule has 2 saturated heterocycles. The Morgan fingerprint density at radius 1 is 1.47 bits per heavy atom. The van der Waals surface area contributed by atoms with Gasteiger partial charge in [0, 0.05) is 25.0 Å². The highest BCUT2D eigenvalue weighted by atomic mass is 16.6. The number of carbonyl (C=O) groups is 1. The van der Waals surface area contributed by atoms with Crippen molar-refractivity contribution in [3.63, 3.8) is 0 Å². The molecule has 0 aliphatic carbocycles. The molecule has 0 saturated carbocycles. The van der Waals surface area contributed by atoms with Crippen LogP contribution in [0.1, 0.15) is 27.2 Å². The lowest BCUT2D eigenvalue weighted by atomic mass is 9.84. The molecule has 2 fully saturated rings. The normalized spacial score (nSPS) is 30.5. The first kappa shape index (κ1) is 10.7. The van der Waals surface area contributed by atoms with Gasteiger partial charge in [0.05, 0.1) is 0 Å². The molecular formula is C11H20N2O2. The van der Waals surface area contributed by atoms with Gasteiger partial charge in [0.1, 0.15) is 5.60 Å². The summed E-state index contributed by atoms with van der Waals surface area (Å²) in [5, 5.41) is 3.35. The second-order valence-corrected chi connectivity index (χ2v) is 5.45. The van der Waals surface area contributed by atoms with Crippen LogP contribution in [0.4, 0.5) is 4.79 Å². The van der Waals surface area contributed by atoms with Crippen molar-refractivity contribution >= 4 is 6.09 Å². The number of ether oxygens (including phenoxy) is 1. The maximum atomic E-state index is 11.8. The summed E-state index contributed by atoms with van der Waals surface area (Å²) in [5.74, 6) is 0.645. The van der Waals surface area contributed by atoms with E-state index in [4.69, 9.17) is 4.74 Å². The van der Waals surface area contributed by atoms with Gasteiger partial charge in [-0.1, -0.05) is 0 Å². The number of hydrogen-bond acceptors (Lipinski definition) is 3. The fourth-order valence-corrected chi connectivity index (χ4v) is 2.29. The van der Waals surface area contributed by atoms with Crippen molar-refractivity contribution in [1.82, 2.24) is 10.2 Å². The molecule has 2 unspecified atom stereocenters. The molecule has 0 aromatic carbocycles. The predicted octanol–water partition coefficient (Wildman–Crippen LogP) is 1.22. The highest BCUT2D eigenvalue weighted by Gasteiger charge is 2.44. The minimum absolute atomic E-state index is 0.148. The SMILES string of the molecule is CC(C)(C)OC(=O)N1CC2CNCCC21. The fourth-order valence-electron chi connectivity index (χ4n) is 2.29. The minimum Gasteiger partial charge on any atom is -0.444 e. The van der Waals surface area contributed by atoms with Gasteiger partial charge in [0.25, 0.3) is 0 Å². The highest BCUT2D eigenvalue weighted by Crippen LogP contribution is 2.30. The van der Waals surface area contributed by atoms with Gasteiger partial charge in [-0.25, -0.2) is 4.79 Å². The number of hydrogen-bond donors (Lipinski definition) is 1. The van der Waals surface area contributed by atoms with Crippen LogP contribution in [0.15, 0.2) is 0 Å². The monoisotopic (exact) mass is 212 g/mol. The number of fused-ring (bicyclic) bond motifs is 1. The van der Waals surface area contributed by atoms with E-state index < -0.39 is 0 Å². The van der Waals surface area contributed by atoms with E-state index in [0.29, 0.717) is 12.0 Å². The summed E-state index contributed by atoms with van der Waals surface area (Å²) in [5.41, 5.74) is -0.380. The van der Waals surface area contributed by atoms with Crippen LogP contribution in [0.25, 0.3) is 0 Å². The van der Waals surface area contributed by atoms with Crippen LogP contribution in [0, 0.1) is 5.92 Å². The second kappa shape index (κ2) is 3.67. The van der Waals surface area contributed by atoms with Crippen LogP contribution in [-0.4, -0.2) is 42.3 Å². The largest absolute Gasteiger partial charge is 0.444 e. The van der Waals surface area contributed by atoms with Crippen molar-refractivity contribution in [2.24, 2.45) is 5.92 Å². The molecule has 2 aliphatic heterocycles. The molecule has 2 aliphatic rings. The van der Waals surface area contributed by atoms with Gasteiger partial charge >= 0.3 is 6.09 Å². The molecule has 86 valence electrons. The molecule has 2 heterocycles. The van der Waals surface area contributed by atoms with Crippen LogP contribution in [0.2, 0.25) is 0 Å². The number of carbonyl (C=O) groups excluding carboxylic acids is 1. The van der Waals surface area contributed by atoms with Crippen LogP contribution >= 0.6 is 0 Å². The van der Waals surface area contributed by atoms with Crippen molar-refractivity contribution in [2.45, 2.75) is 38.8 Å². The molecule has 2 rings (SSSR count). The van der Waals surface area contributed by atoms with Gasteiger partial charge < -0.3 is 15.0 Å². The van der Waals surface area contributed by atoms with Crippen molar-refractivity contribution in [2.75, 3.05) is 19.6 Å². The quantitative estimate of drug-likeness (QED) is 0.656.